The Labute approximate surface area is 140 Å². The summed E-state index contributed by atoms with van der Waals surface area (Å²) in [4.78, 5) is 12.6. The molecule has 0 saturated carbocycles. The lowest BCUT2D eigenvalue weighted by Crippen LogP contribution is -2.06. The van der Waals surface area contributed by atoms with Crippen molar-refractivity contribution < 1.29 is 13.2 Å². The summed E-state index contributed by atoms with van der Waals surface area (Å²) in [7, 11) is 0. The molecule has 0 aliphatic rings. The topological polar surface area (TPSA) is 38.1 Å². The maximum Gasteiger partial charge on any atom is 0.417 e. The number of alkyl halides is 3. The summed E-state index contributed by atoms with van der Waals surface area (Å²) in [5.41, 5.74) is 2.04. The zero-order valence-electron chi connectivity index (χ0n) is 13.3. The molecule has 7 heteroatoms. The zero-order valence-corrected chi connectivity index (χ0v) is 14.1. The van der Waals surface area contributed by atoms with Crippen molar-refractivity contribution in [2.75, 3.05) is 0 Å². The van der Waals surface area contributed by atoms with Crippen LogP contribution in [0.15, 0.2) is 34.9 Å². The van der Waals surface area contributed by atoms with Gasteiger partial charge in [-0.25, -0.2) is 4.99 Å². The molecule has 0 saturated heterocycles. The van der Waals surface area contributed by atoms with Crippen molar-refractivity contribution in [1.82, 2.24) is 9.97 Å². The minimum absolute atomic E-state index is 0.203. The van der Waals surface area contributed by atoms with Gasteiger partial charge in [0.25, 0.3) is 0 Å². The van der Waals surface area contributed by atoms with E-state index in [2.05, 4.69) is 15.0 Å². The Morgan fingerprint density at radius 3 is 2.62 bits per heavy atom. The van der Waals surface area contributed by atoms with Crippen molar-refractivity contribution in [3.8, 4) is 0 Å². The number of rotatable bonds is 2. The van der Waals surface area contributed by atoms with Crippen LogP contribution in [-0.2, 0) is 6.18 Å². The minimum atomic E-state index is -4.44. The van der Waals surface area contributed by atoms with Crippen molar-refractivity contribution in [3.63, 3.8) is 0 Å². The van der Waals surface area contributed by atoms with E-state index in [0.717, 1.165) is 27.9 Å². The predicted octanol–water partition coefficient (Wildman–Crippen LogP) is 5.47. The van der Waals surface area contributed by atoms with Crippen molar-refractivity contribution in [2.24, 2.45) is 4.99 Å². The van der Waals surface area contributed by atoms with E-state index in [1.807, 2.05) is 18.4 Å². The van der Waals surface area contributed by atoms with Gasteiger partial charge in [-0.1, -0.05) is 0 Å². The van der Waals surface area contributed by atoms with Gasteiger partial charge >= 0.3 is 6.18 Å². The SMILES string of the molecule is C/C(=N\c1cc(C(F)(F)F)cnc1C)c1ncc2sccc2c1C. The number of pyridine rings is 2. The zero-order chi connectivity index (χ0) is 17.5. The first-order valence-electron chi connectivity index (χ1n) is 7.19. The van der Waals surface area contributed by atoms with Crippen LogP contribution in [0.1, 0.15) is 29.4 Å². The molecule has 3 heterocycles. The van der Waals surface area contributed by atoms with Crippen LogP contribution in [0.25, 0.3) is 10.1 Å². The highest BCUT2D eigenvalue weighted by Crippen LogP contribution is 2.32. The lowest BCUT2D eigenvalue weighted by atomic mass is 10.1. The van der Waals surface area contributed by atoms with E-state index in [9.17, 15) is 13.2 Å². The van der Waals surface area contributed by atoms with Crippen molar-refractivity contribution in [3.05, 3.63) is 52.4 Å². The Kier molecular flexibility index (Phi) is 4.13. The molecule has 124 valence electrons. The Morgan fingerprint density at radius 2 is 1.92 bits per heavy atom. The highest BCUT2D eigenvalue weighted by atomic mass is 32.1. The molecule has 3 rings (SSSR count). The highest BCUT2D eigenvalue weighted by molar-refractivity contribution is 7.17. The summed E-state index contributed by atoms with van der Waals surface area (Å²) in [6.45, 7) is 5.31. The van der Waals surface area contributed by atoms with E-state index in [0.29, 0.717) is 17.1 Å². The van der Waals surface area contributed by atoms with E-state index < -0.39 is 11.7 Å². The van der Waals surface area contributed by atoms with Gasteiger partial charge < -0.3 is 0 Å². The summed E-state index contributed by atoms with van der Waals surface area (Å²) in [6.07, 6.45) is -1.86. The number of hydrogen-bond acceptors (Lipinski definition) is 4. The monoisotopic (exact) mass is 349 g/mol. The van der Waals surface area contributed by atoms with Gasteiger partial charge in [-0.15, -0.1) is 11.3 Å². The Hall–Kier alpha value is -2.28. The van der Waals surface area contributed by atoms with Crippen LogP contribution in [0.4, 0.5) is 18.9 Å². The van der Waals surface area contributed by atoms with Gasteiger partial charge in [-0.3, -0.25) is 9.97 Å². The van der Waals surface area contributed by atoms with Crippen LogP contribution < -0.4 is 0 Å². The molecule has 0 aliphatic carbocycles. The van der Waals surface area contributed by atoms with Crippen LogP contribution in [0.3, 0.4) is 0 Å². The lowest BCUT2D eigenvalue weighted by Gasteiger charge is -2.10. The van der Waals surface area contributed by atoms with Crippen LogP contribution in [0.5, 0.6) is 0 Å². The summed E-state index contributed by atoms with van der Waals surface area (Å²) >= 11 is 1.60. The third-order valence-corrected chi connectivity index (χ3v) is 4.64. The third kappa shape index (κ3) is 3.03. The van der Waals surface area contributed by atoms with Crippen molar-refractivity contribution in [2.45, 2.75) is 26.9 Å². The fourth-order valence-electron chi connectivity index (χ4n) is 2.47. The molecule has 0 bridgehead atoms. The average Bonchev–Trinajstić information content (AvgIpc) is 2.98. The number of nitrogens with zero attached hydrogens (tertiary/aromatic N) is 3. The molecule has 3 aromatic heterocycles. The van der Waals surface area contributed by atoms with Crippen molar-refractivity contribution >= 4 is 32.8 Å². The minimum Gasteiger partial charge on any atom is -0.259 e. The largest absolute Gasteiger partial charge is 0.417 e. The number of fused-ring (bicyclic) bond motifs is 1. The molecule has 3 aromatic rings. The number of halogens is 3. The molecule has 0 radical (unpaired) electrons. The molecule has 0 aromatic carbocycles. The Morgan fingerprint density at radius 1 is 1.17 bits per heavy atom. The van der Waals surface area contributed by atoms with E-state index >= 15 is 0 Å². The van der Waals surface area contributed by atoms with Gasteiger partial charge in [0.2, 0.25) is 0 Å². The summed E-state index contributed by atoms with van der Waals surface area (Å²) in [5.74, 6) is 0. The first kappa shape index (κ1) is 16.6. The van der Waals surface area contributed by atoms with Gasteiger partial charge in [0.15, 0.2) is 0 Å². The van der Waals surface area contributed by atoms with Crippen LogP contribution in [0, 0.1) is 13.8 Å². The fourth-order valence-corrected chi connectivity index (χ4v) is 3.28. The van der Waals surface area contributed by atoms with Crippen LogP contribution in [0.2, 0.25) is 0 Å². The second-order valence-corrected chi connectivity index (χ2v) is 6.40. The molecule has 0 N–H and O–H groups in total. The van der Waals surface area contributed by atoms with E-state index in [4.69, 9.17) is 0 Å². The van der Waals surface area contributed by atoms with E-state index in [1.54, 1.807) is 31.4 Å². The molecular weight excluding hydrogens is 335 g/mol. The third-order valence-electron chi connectivity index (χ3n) is 3.78. The molecule has 0 atom stereocenters. The van der Waals surface area contributed by atoms with E-state index in [-0.39, 0.29) is 5.69 Å². The first-order chi connectivity index (χ1) is 11.3. The lowest BCUT2D eigenvalue weighted by molar-refractivity contribution is -0.137. The number of aryl methyl sites for hydroxylation is 2. The Balaban J connectivity index is 2.08. The van der Waals surface area contributed by atoms with Gasteiger partial charge in [-0.2, -0.15) is 13.2 Å². The molecule has 0 amide bonds. The second kappa shape index (κ2) is 5.98. The molecule has 0 fully saturated rings. The predicted molar refractivity (Wildman–Crippen MR) is 90.2 cm³/mol. The molecule has 0 unspecified atom stereocenters. The van der Waals surface area contributed by atoms with Gasteiger partial charge in [0, 0.05) is 12.4 Å². The number of hydrogen-bond donors (Lipinski definition) is 0. The highest BCUT2D eigenvalue weighted by Gasteiger charge is 2.31. The van der Waals surface area contributed by atoms with Crippen LogP contribution in [-0.4, -0.2) is 15.7 Å². The maximum absolute atomic E-state index is 12.9. The van der Waals surface area contributed by atoms with Gasteiger partial charge in [0.1, 0.15) is 0 Å². The molecule has 0 spiro atoms. The number of thiophene rings is 1. The molecule has 0 aliphatic heterocycles. The number of aromatic nitrogens is 2. The molecule has 3 nitrogen and oxygen atoms in total. The van der Waals surface area contributed by atoms with Crippen molar-refractivity contribution in [1.29, 1.82) is 0 Å². The summed E-state index contributed by atoms with van der Waals surface area (Å²) in [6, 6.07) is 3.02. The average molecular weight is 349 g/mol. The fraction of sp³-hybridized carbons (Fsp3) is 0.235. The maximum atomic E-state index is 12.9. The van der Waals surface area contributed by atoms with Crippen LogP contribution >= 0.6 is 11.3 Å². The second-order valence-electron chi connectivity index (χ2n) is 5.45. The van der Waals surface area contributed by atoms with Gasteiger partial charge in [0.05, 0.1) is 33.1 Å². The quantitative estimate of drug-likeness (QED) is 0.576. The summed E-state index contributed by atoms with van der Waals surface area (Å²) < 4.78 is 39.7. The Bertz CT molecular complexity index is 942. The number of aliphatic imine (C=N–C) groups is 1. The first-order valence-corrected chi connectivity index (χ1v) is 8.07. The molecular formula is C17H14F3N3S. The van der Waals surface area contributed by atoms with E-state index in [1.165, 1.54) is 0 Å². The smallest absolute Gasteiger partial charge is 0.259 e. The standard InChI is InChI=1S/C17H14F3N3S/c1-9-13-4-5-24-15(13)8-22-16(9)11(3)23-14-6-12(17(18,19)20)7-21-10(14)2/h4-8H,1-3H3/b23-11+. The van der Waals surface area contributed by atoms with Gasteiger partial charge in [-0.05, 0) is 49.2 Å². The normalized spacial score (nSPS) is 12.8. The summed E-state index contributed by atoms with van der Waals surface area (Å²) in [5, 5.41) is 3.06. The molecule has 24 heavy (non-hydrogen) atoms.